The van der Waals surface area contributed by atoms with Crippen LogP contribution in [-0.4, -0.2) is 41.8 Å². The Morgan fingerprint density at radius 3 is 3.13 bits per heavy atom. The van der Waals surface area contributed by atoms with Gasteiger partial charge >= 0.3 is 6.03 Å². The molecule has 0 aliphatic carbocycles. The summed E-state index contributed by atoms with van der Waals surface area (Å²) in [7, 11) is 0. The van der Waals surface area contributed by atoms with Crippen molar-refractivity contribution in [3.8, 4) is 0 Å². The smallest absolute Gasteiger partial charge is 0.318 e. The number of hydrogen-bond acceptors (Lipinski definition) is 5. The molecule has 2 amide bonds. The summed E-state index contributed by atoms with van der Waals surface area (Å²) >= 11 is 1.61. The minimum Gasteiger partial charge on any atom is -0.467 e. The average Bonchev–Trinajstić information content (AvgIpc) is 3.26. The number of furan rings is 1. The van der Waals surface area contributed by atoms with Crippen LogP contribution < -0.4 is 5.32 Å². The molecular formula is C16H20N2O4S. The lowest BCUT2D eigenvalue weighted by Crippen LogP contribution is -2.52. The summed E-state index contributed by atoms with van der Waals surface area (Å²) in [4.78, 5) is 15.3. The Bertz CT molecular complexity index is 600. The molecule has 2 aromatic rings. The molecule has 0 saturated carbocycles. The molecule has 1 aliphatic heterocycles. The van der Waals surface area contributed by atoms with Crippen molar-refractivity contribution in [3.63, 3.8) is 0 Å². The number of thiophene rings is 1. The first-order valence-electron chi connectivity index (χ1n) is 7.60. The maximum atomic E-state index is 12.4. The zero-order chi connectivity index (χ0) is 16.1. The molecule has 7 heteroatoms. The van der Waals surface area contributed by atoms with Gasteiger partial charge in [0.2, 0.25) is 0 Å². The Morgan fingerprint density at radius 2 is 2.39 bits per heavy atom. The Kier molecular flexibility index (Phi) is 5.32. The third-order valence-corrected chi connectivity index (χ3v) is 4.73. The summed E-state index contributed by atoms with van der Waals surface area (Å²) in [5.74, 6) is 0.509. The molecular weight excluding hydrogens is 316 g/mol. The second-order valence-electron chi connectivity index (χ2n) is 5.43. The van der Waals surface area contributed by atoms with E-state index in [1.165, 1.54) is 6.26 Å². The Balaban J connectivity index is 1.58. The number of urea groups is 1. The maximum Gasteiger partial charge on any atom is 0.318 e. The highest BCUT2D eigenvalue weighted by molar-refractivity contribution is 7.09. The van der Waals surface area contributed by atoms with Gasteiger partial charge in [0, 0.05) is 17.8 Å². The summed E-state index contributed by atoms with van der Waals surface area (Å²) < 4.78 is 10.7. The SMILES string of the molecule is O=C(NCc1cccs1)N1CCOC[C@@H]1C[C@@H](O)c1ccco1. The lowest BCUT2D eigenvalue weighted by Gasteiger charge is -2.36. The largest absolute Gasteiger partial charge is 0.467 e. The molecule has 0 unspecified atom stereocenters. The highest BCUT2D eigenvalue weighted by Crippen LogP contribution is 2.23. The number of ether oxygens (including phenoxy) is 1. The van der Waals surface area contributed by atoms with Gasteiger partial charge in [0.1, 0.15) is 11.9 Å². The molecule has 124 valence electrons. The molecule has 0 aromatic carbocycles. The average molecular weight is 336 g/mol. The fourth-order valence-electron chi connectivity index (χ4n) is 2.65. The predicted octanol–water partition coefficient (Wildman–Crippen LogP) is 2.38. The van der Waals surface area contributed by atoms with E-state index < -0.39 is 6.10 Å². The number of aliphatic hydroxyl groups is 1. The van der Waals surface area contributed by atoms with E-state index in [0.29, 0.717) is 38.5 Å². The molecule has 0 bridgehead atoms. The normalized spacial score (nSPS) is 19.5. The second-order valence-corrected chi connectivity index (χ2v) is 6.46. The Hall–Kier alpha value is -1.83. The Morgan fingerprint density at radius 1 is 1.48 bits per heavy atom. The summed E-state index contributed by atoms with van der Waals surface area (Å²) in [5, 5.41) is 15.1. The van der Waals surface area contributed by atoms with E-state index >= 15 is 0 Å². The van der Waals surface area contributed by atoms with Gasteiger partial charge in [-0.15, -0.1) is 11.3 Å². The van der Waals surface area contributed by atoms with Gasteiger partial charge in [-0.1, -0.05) is 6.07 Å². The number of carbonyl (C=O) groups excluding carboxylic acids is 1. The number of carbonyl (C=O) groups is 1. The second kappa shape index (κ2) is 7.63. The van der Waals surface area contributed by atoms with E-state index in [-0.39, 0.29) is 12.1 Å². The molecule has 1 fully saturated rings. The first-order chi connectivity index (χ1) is 11.2. The van der Waals surface area contributed by atoms with Crippen LogP contribution in [0.25, 0.3) is 0 Å². The first kappa shape index (κ1) is 16.0. The van der Waals surface area contributed by atoms with E-state index in [4.69, 9.17) is 9.15 Å². The summed E-state index contributed by atoms with van der Waals surface area (Å²) in [6, 6.07) is 7.12. The molecule has 6 nitrogen and oxygen atoms in total. The van der Waals surface area contributed by atoms with Gasteiger partial charge in [-0.25, -0.2) is 4.79 Å². The van der Waals surface area contributed by atoms with Crippen molar-refractivity contribution in [1.82, 2.24) is 10.2 Å². The van der Waals surface area contributed by atoms with Crippen LogP contribution in [0.4, 0.5) is 4.79 Å². The maximum absolute atomic E-state index is 12.4. The molecule has 3 heterocycles. The van der Waals surface area contributed by atoms with Crippen molar-refractivity contribution < 1.29 is 19.1 Å². The highest BCUT2D eigenvalue weighted by atomic mass is 32.1. The fourth-order valence-corrected chi connectivity index (χ4v) is 3.29. The third kappa shape index (κ3) is 4.13. The fraction of sp³-hybridized carbons (Fsp3) is 0.438. The molecule has 1 aliphatic rings. The monoisotopic (exact) mass is 336 g/mol. The molecule has 1 saturated heterocycles. The molecule has 0 spiro atoms. The number of aliphatic hydroxyl groups excluding tert-OH is 1. The van der Waals surface area contributed by atoms with E-state index in [1.54, 1.807) is 28.4 Å². The number of amides is 2. The van der Waals surface area contributed by atoms with Crippen LogP contribution in [0.3, 0.4) is 0 Å². The van der Waals surface area contributed by atoms with E-state index in [9.17, 15) is 9.90 Å². The molecule has 2 N–H and O–H groups in total. The van der Waals surface area contributed by atoms with Gasteiger partial charge in [0.15, 0.2) is 0 Å². The van der Waals surface area contributed by atoms with Gasteiger partial charge in [0.05, 0.1) is 32.1 Å². The van der Waals surface area contributed by atoms with Crippen molar-refractivity contribution in [1.29, 1.82) is 0 Å². The molecule has 2 atom stereocenters. The molecule has 3 rings (SSSR count). The van der Waals surface area contributed by atoms with Crippen molar-refractivity contribution >= 4 is 17.4 Å². The lowest BCUT2D eigenvalue weighted by atomic mass is 10.1. The van der Waals surface area contributed by atoms with Gasteiger partial charge in [-0.05, 0) is 23.6 Å². The van der Waals surface area contributed by atoms with Gasteiger partial charge < -0.3 is 24.5 Å². The van der Waals surface area contributed by atoms with Crippen LogP contribution in [0.5, 0.6) is 0 Å². The minimum atomic E-state index is -0.746. The highest BCUT2D eigenvalue weighted by Gasteiger charge is 2.30. The topological polar surface area (TPSA) is 74.9 Å². The molecule has 23 heavy (non-hydrogen) atoms. The van der Waals surface area contributed by atoms with Crippen molar-refractivity contribution in [2.24, 2.45) is 0 Å². The standard InChI is InChI=1S/C16H20N2O4S/c19-14(15-4-1-6-22-15)9-12-11-21-7-5-18(12)16(20)17-10-13-3-2-8-23-13/h1-4,6,8,12,14,19H,5,7,9-11H2,(H,17,20)/t12-,14+/m0/s1. The molecule has 2 aromatic heterocycles. The Labute approximate surface area is 138 Å². The zero-order valence-electron chi connectivity index (χ0n) is 12.7. The number of nitrogens with one attached hydrogen (secondary N) is 1. The van der Waals surface area contributed by atoms with Gasteiger partial charge in [-0.2, -0.15) is 0 Å². The van der Waals surface area contributed by atoms with Crippen LogP contribution in [0.15, 0.2) is 40.3 Å². The quantitative estimate of drug-likeness (QED) is 0.879. The zero-order valence-corrected chi connectivity index (χ0v) is 13.5. The van der Waals surface area contributed by atoms with Crippen LogP contribution in [0, 0.1) is 0 Å². The van der Waals surface area contributed by atoms with E-state index in [0.717, 1.165) is 4.88 Å². The van der Waals surface area contributed by atoms with Crippen LogP contribution >= 0.6 is 11.3 Å². The number of nitrogens with zero attached hydrogens (tertiary/aromatic N) is 1. The van der Waals surface area contributed by atoms with Crippen LogP contribution in [0.1, 0.15) is 23.2 Å². The number of rotatable bonds is 5. The summed E-state index contributed by atoms with van der Waals surface area (Å²) in [6.07, 6.45) is 1.17. The van der Waals surface area contributed by atoms with E-state index in [1.807, 2.05) is 17.5 Å². The number of morpholine rings is 1. The summed E-state index contributed by atoms with van der Waals surface area (Å²) in [5.41, 5.74) is 0. The first-order valence-corrected chi connectivity index (χ1v) is 8.48. The van der Waals surface area contributed by atoms with Crippen molar-refractivity contribution in [3.05, 3.63) is 46.5 Å². The van der Waals surface area contributed by atoms with Crippen LogP contribution in [-0.2, 0) is 11.3 Å². The minimum absolute atomic E-state index is 0.127. The number of hydrogen-bond donors (Lipinski definition) is 2. The summed E-state index contributed by atoms with van der Waals surface area (Å²) in [6.45, 7) is 1.97. The van der Waals surface area contributed by atoms with Crippen LogP contribution in [0.2, 0.25) is 0 Å². The van der Waals surface area contributed by atoms with Crippen molar-refractivity contribution in [2.45, 2.75) is 25.1 Å². The third-order valence-electron chi connectivity index (χ3n) is 3.85. The van der Waals surface area contributed by atoms with Gasteiger partial charge in [-0.3, -0.25) is 0 Å². The van der Waals surface area contributed by atoms with Gasteiger partial charge in [0.25, 0.3) is 0 Å². The van der Waals surface area contributed by atoms with Crippen molar-refractivity contribution in [2.75, 3.05) is 19.8 Å². The lowest BCUT2D eigenvalue weighted by molar-refractivity contribution is -0.00973. The van der Waals surface area contributed by atoms with E-state index in [2.05, 4.69) is 5.32 Å². The predicted molar refractivity (Wildman–Crippen MR) is 86.2 cm³/mol. The molecule has 0 radical (unpaired) electrons.